The molecule has 0 bridgehead atoms. The van der Waals surface area contributed by atoms with Gasteiger partial charge in [0.1, 0.15) is 0 Å². The molecule has 6 heteroatoms. The van der Waals surface area contributed by atoms with E-state index >= 15 is 0 Å². The molecule has 0 unspecified atom stereocenters. The molecule has 0 spiro atoms. The zero-order chi connectivity index (χ0) is 16.9. The van der Waals surface area contributed by atoms with Gasteiger partial charge in [-0.25, -0.2) is 5.48 Å². The molecule has 2 amide bonds. The number of piperazine rings is 1. The van der Waals surface area contributed by atoms with Gasteiger partial charge in [-0.1, -0.05) is 18.2 Å². The molecule has 1 saturated carbocycles. The molecule has 0 aromatic heterocycles. The number of amides is 2. The summed E-state index contributed by atoms with van der Waals surface area (Å²) in [5.41, 5.74) is 3.54. The fourth-order valence-electron chi connectivity index (χ4n) is 3.01. The van der Waals surface area contributed by atoms with Crippen LogP contribution in [-0.2, 0) is 9.59 Å². The van der Waals surface area contributed by atoms with Crippen LogP contribution < -0.4 is 10.4 Å². The van der Waals surface area contributed by atoms with Crippen molar-refractivity contribution in [2.24, 2.45) is 5.92 Å². The number of anilines is 1. The minimum Gasteiger partial charge on any atom is -0.367 e. The van der Waals surface area contributed by atoms with E-state index < -0.39 is 5.91 Å². The molecular weight excluding hydrogens is 306 g/mol. The van der Waals surface area contributed by atoms with Crippen LogP contribution in [0.4, 0.5) is 5.69 Å². The Morgan fingerprint density at radius 1 is 1.17 bits per heavy atom. The van der Waals surface area contributed by atoms with Crippen molar-refractivity contribution in [3.05, 3.63) is 35.9 Å². The lowest BCUT2D eigenvalue weighted by atomic mass is 10.1. The second-order valence-corrected chi connectivity index (χ2v) is 6.38. The van der Waals surface area contributed by atoms with E-state index in [-0.39, 0.29) is 5.91 Å². The van der Waals surface area contributed by atoms with E-state index in [1.54, 1.807) is 11.6 Å². The number of benzene rings is 1. The lowest BCUT2D eigenvalue weighted by molar-refractivity contribution is -0.131. The topological polar surface area (TPSA) is 72.9 Å². The molecule has 1 aliphatic heterocycles. The highest BCUT2D eigenvalue weighted by Crippen LogP contribution is 2.33. The maximum Gasteiger partial charge on any atom is 0.267 e. The van der Waals surface area contributed by atoms with E-state index in [9.17, 15) is 9.59 Å². The van der Waals surface area contributed by atoms with Crippen LogP contribution in [0.1, 0.15) is 24.8 Å². The number of hydrogen-bond donors (Lipinski definition) is 2. The third-order valence-corrected chi connectivity index (χ3v) is 4.59. The Morgan fingerprint density at radius 3 is 2.54 bits per heavy atom. The highest BCUT2D eigenvalue weighted by molar-refractivity contribution is 5.91. The molecule has 1 aliphatic carbocycles. The van der Waals surface area contributed by atoms with E-state index in [0.29, 0.717) is 12.3 Å². The van der Waals surface area contributed by atoms with E-state index in [1.807, 2.05) is 29.2 Å². The number of hydrogen-bond acceptors (Lipinski definition) is 4. The van der Waals surface area contributed by atoms with Gasteiger partial charge in [0.15, 0.2) is 0 Å². The molecule has 1 aromatic carbocycles. The van der Waals surface area contributed by atoms with Crippen LogP contribution in [-0.4, -0.2) is 48.1 Å². The third kappa shape index (κ3) is 4.14. The Balaban J connectivity index is 1.62. The van der Waals surface area contributed by atoms with Crippen molar-refractivity contribution in [3.63, 3.8) is 0 Å². The number of nitrogens with zero attached hydrogens (tertiary/aromatic N) is 2. The molecule has 1 saturated heterocycles. The van der Waals surface area contributed by atoms with Crippen LogP contribution in [0, 0.1) is 5.92 Å². The Kier molecular flexibility index (Phi) is 5.15. The van der Waals surface area contributed by atoms with Gasteiger partial charge in [-0.05, 0) is 36.5 Å². The zero-order valence-corrected chi connectivity index (χ0v) is 13.6. The van der Waals surface area contributed by atoms with Crippen LogP contribution in [0.25, 0.3) is 6.08 Å². The monoisotopic (exact) mass is 329 g/mol. The van der Waals surface area contributed by atoms with Gasteiger partial charge in [0, 0.05) is 44.4 Å². The molecule has 128 valence electrons. The first kappa shape index (κ1) is 16.5. The van der Waals surface area contributed by atoms with Gasteiger partial charge in [0.2, 0.25) is 5.91 Å². The van der Waals surface area contributed by atoms with E-state index in [2.05, 4.69) is 4.90 Å². The lowest BCUT2D eigenvalue weighted by Crippen LogP contribution is -2.49. The first-order chi connectivity index (χ1) is 11.7. The SMILES string of the molecule is O=C(C=Cc1ccccc1N1CCN(C(=O)CC2CC2)CC1)NO. The third-order valence-electron chi connectivity index (χ3n) is 4.59. The van der Waals surface area contributed by atoms with Crippen LogP contribution in [0.5, 0.6) is 0 Å². The Bertz CT molecular complexity index is 632. The van der Waals surface area contributed by atoms with Crippen molar-refractivity contribution in [2.45, 2.75) is 19.3 Å². The van der Waals surface area contributed by atoms with Gasteiger partial charge in [0.25, 0.3) is 5.91 Å². The van der Waals surface area contributed by atoms with Crippen LogP contribution in [0.3, 0.4) is 0 Å². The smallest absolute Gasteiger partial charge is 0.267 e. The highest BCUT2D eigenvalue weighted by atomic mass is 16.5. The molecule has 0 atom stereocenters. The summed E-state index contributed by atoms with van der Waals surface area (Å²) in [4.78, 5) is 27.6. The van der Waals surface area contributed by atoms with Crippen molar-refractivity contribution in [2.75, 3.05) is 31.1 Å². The summed E-state index contributed by atoms with van der Waals surface area (Å²) >= 11 is 0. The summed E-state index contributed by atoms with van der Waals surface area (Å²) in [5.74, 6) is 0.351. The van der Waals surface area contributed by atoms with Crippen molar-refractivity contribution in [3.8, 4) is 0 Å². The maximum absolute atomic E-state index is 12.2. The van der Waals surface area contributed by atoms with Gasteiger partial charge >= 0.3 is 0 Å². The molecule has 2 aliphatic rings. The summed E-state index contributed by atoms with van der Waals surface area (Å²) < 4.78 is 0. The maximum atomic E-state index is 12.2. The van der Waals surface area contributed by atoms with Crippen molar-refractivity contribution in [1.82, 2.24) is 10.4 Å². The fraction of sp³-hybridized carbons (Fsp3) is 0.444. The molecular formula is C18H23N3O3. The van der Waals surface area contributed by atoms with Gasteiger partial charge in [-0.2, -0.15) is 0 Å². The van der Waals surface area contributed by atoms with Gasteiger partial charge < -0.3 is 9.80 Å². The average Bonchev–Trinajstić information content (AvgIpc) is 3.44. The number of rotatable bonds is 5. The molecule has 2 fully saturated rings. The molecule has 3 rings (SSSR count). The van der Waals surface area contributed by atoms with Crippen LogP contribution in [0.15, 0.2) is 30.3 Å². The molecule has 1 heterocycles. The summed E-state index contributed by atoms with van der Waals surface area (Å²) in [6.45, 7) is 3.04. The normalized spacial score (nSPS) is 18.0. The van der Waals surface area contributed by atoms with E-state index in [0.717, 1.165) is 37.4 Å². The largest absolute Gasteiger partial charge is 0.367 e. The average molecular weight is 329 g/mol. The molecule has 0 radical (unpaired) electrons. The number of carbonyl (C=O) groups is 2. The minimum absolute atomic E-state index is 0.282. The fourth-order valence-corrected chi connectivity index (χ4v) is 3.01. The predicted octanol–water partition coefficient (Wildman–Crippen LogP) is 1.65. The second kappa shape index (κ2) is 7.49. The van der Waals surface area contributed by atoms with Gasteiger partial charge in [0.05, 0.1) is 0 Å². The number of nitrogens with one attached hydrogen (secondary N) is 1. The first-order valence-corrected chi connectivity index (χ1v) is 8.41. The highest BCUT2D eigenvalue weighted by Gasteiger charge is 2.28. The van der Waals surface area contributed by atoms with Crippen LogP contribution >= 0.6 is 0 Å². The van der Waals surface area contributed by atoms with E-state index in [1.165, 1.54) is 18.9 Å². The minimum atomic E-state index is -0.555. The summed E-state index contributed by atoms with van der Waals surface area (Å²) in [6.07, 6.45) is 6.09. The number of para-hydroxylation sites is 1. The van der Waals surface area contributed by atoms with Gasteiger partial charge in [-0.3, -0.25) is 14.8 Å². The second-order valence-electron chi connectivity index (χ2n) is 6.38. The quantitative estimate of drug-likeness (QED) is 0.489. The number of hydroxylamine groups is 1. The van der Waals surface area contributed by atoms with Crippen molar-refractivity contribution < 1.29 is 14.8 Å². The Labute approximate surface area is 141 Å². The van der Waals surface area contributed by atoms with Crippen LogP contribution in [0.2, 0.25) is 0 Å². The van der Waals surface area contributed by atoms with Crippen molar-refractivity contribution in [1.29, 1.82) is 0 Å². The summed E-state index contributed by atoms with van der Waals surface area (Å²) in [7, 11) is 0. The summed E-state index contributed by atoms with van der Waals surface area (Å²) in [6, 6.07) is 7.82. The first-order valence-electron chi connectivity index (χ1n) is 8.41. The molecule has 6 nitrogen and oxygen atoms in total. The predicted molar refractivity (Wildman–Crippen MR) is 91.5 cm³/mol. The molecule has 2 N–H and O–H groups in total. The Hall–Kier alpha value is -2.34. The van der Waals surface area contributed by atoms with Crippen molar-refractivity contribution >= 4 is 23.6 Å². The zero-order valence-electron chi connectivity index (χ0n) is 13.6. The lowest BCUT2D eigenvalue weighted by Gasteiger charge is -2.37. The van der Waals surface area contributed by atoms with E-state index in [4.69, 9.17) is 5.21 Å². The standard InChI is InChI=1S/C18H23N3O3/c22-17(19-24)8-7-15-3-1-2-4-16(15)20-9-11-21(12-10-20)18(23)13-14-5-6-14/h1-4,7-8,14,24H,5-6,9-13H2,(H,19,22). The van der Waals surface area contributed by atoms with Gasteiger partial charge in [-0.15, -0.1) is 0 Å². The number of carbonyl (C=O) groups excluding carboxylic acids is 2. The Morgan fingerprint density at radius 2 is 1.88 bits per heavy atom. The molecule has 1 aromatic rings. The molecule has 24 heavy (non-hydrogen) atoms. The summed E-state index contributed by atoms with van der Waals surface area (Å²) in [5, 5.41) is 8.58.